The summed E-state index contributed by atoms with van der Waals surface area (Å²) < 4.78 is 11.2. The molecule has 2 fully saturated rings. The normalized spacial score (nSPS) is 21.2. The van der Waals surface area contributed by atoms with Crippen LogP contribution < -0.4 is 5.32 Å². The summed E-state index contributed by atoms with van der Waals surface area (Å²) in [6, 6.07) is 12.3. The largest absolute Gasteiger partial charge is 0.379 e. The molecule has 0 bridgehead atoms. The van der Waals surface area contributed by atoms with Crippen molar-refractivity contribution in [2.45, 2.75) is 29.9 Å². The minimum atomic E-state index is -0.00439. The van der Waals surface area contributed by atoms with E-state index in [1.165, 1.54) is 4.88 Å². The smallest absolute Gasteiger partial charge is 0.252 e. The van der Waals surface area contributed by atoms with Gasteiger partial charge in [0.2, 0.25) is 0 Å². The molecule has 2 atom stereocenters. The first-order chi connectivity index (χ1) is 14.3. The molecule has 0 aliphatic carbocycles. The van der Waals surface area contributed by atoms with Gasteiger partial charge in [0.15, 0.2) is 0 Å². The van der Waals surface area contributed by atoms with Crippen molar-refractivity contribution in [2.24, 2.45) is 0 Å². The second kappa shape index (κ2) is 10.6. The number of amides is 1. The molecule has 0 saturated carbocycles. The third-order valence-corrected chi connectivity index (χ3v) is 7.57. The second-order valence-corrected chi connectivity index (χ2v) is 9.37. The first-order valence-corrected chi connectivity index (χ1v) is 12.1. The lowest BCUT2D eigenvalue weighted by atomic mass is 10.1. The summed E-state index contributed by atoms with van der Waals surface area (Å²) in [5.74, 6) is 0.894. The van der Waals surface area contributed by atoms with Gasteiger partial charge in [-0.05, 0) is 36.4 Å². The molecule has 1 aromatic heterocycles. The molecular weight excluding hydrogens is 404 g/mol. The summed E-state index contributed by atoms with van der Waals surface area (Å²) in [4.78, 5) is 17.7. The zero-order chi connectivity index (χ0) is 19.9. The molecule has 4 rings (SSSR count). The average Bonchev–Trinajstić information content (AvgIpc) is 3.48. The first kappa shape index (κ1) is 20.9. The Labute approximate surface area is 180 Å². The summed E-state index contributed by atoms with van der Waals surface area (Å²) in [6.45, 7) is 4.75. The van der Waals surface area contributed by atoms with Gasteiger partial charge >= 0.3 is 0 Å². The number of ether oxygens (including phenoxy) is 2. The van der Waals surface area contributed by atoms with Crippen molar-refractivity contribution in [3.05, 3.63) is 52.2 Å². The Kier molecular flexibility index (Phi) is 7.62. The quantitative estimate of drug-likeness (QED) is 0.643. The number of carbonyl (C=O) groups excluding carboxylic acids is 1. The van der Waals surface area contributed by atoms with Crippen LogP contribution in [0.2, 0.25) is 0 Å². The van der Waals surface area contributed by atoms with Crippen LogP contribution in [0.15, 0.2) is 46.7 Å². The van der Waals surface area contributed by atoms with Gasteiger partial charge in [-0.2, -0.15) is 0 Å². The van der Waals surface area contributed by atoms with Gasteiger partial charge in [0.25, 0.3) is 5.91 Å². The Bertz CT molecular complexity index is 772. The highest BCUT2D eigenvalue weighted by Gasteiger charge is 2.25. The zero-order valence-corrected chi connectivity index (χ0v) is 18.2. The molecular formula is C22H28N2O3S2. The van der Waals surface area contributed by atoms with Gasteiger partial charge in [-0.3, -0.25) is 9.69 Å². The Hall–Kier alpha value is -1.38. The Balaban J connectivity index is 1.40. The van der Waals surface area contributed by atoms with Crippen LogP contribution in [0.4, 0.5) is 0 Å². The van der Waals surface area contributed by atoms with Crippen molar-refractivity contribution < 1.29 is 14.3 Å². The summed E-state index contributed by atoms with van der Waals surface area (Å²) in [6.07, 6.45) is 2.56. The van der Waals surface area contributed by atoms with E-state index in [1.54, 1.807) is 23.1 Å². The van der Waals surface area contributed by atoms with Crippen LogP contribution in [-0.4, -0.2) is 62.1 Å². The van der Waals surface area contributed by atoms with Gasteiger partial charge in [-0.25, -0.2) is 0 Å². The Morgan fingerprint density at radius 3 is 2.83 bits per heavy atom. The highest BCUT2D eigenvalue weighted by molar-refractivity contribution is 7.99. The van der Waals surface area contributed by atoms with E-state index in [9.17, 15) is 4.79 Å². The van der Waals surface area contributed by atoms with Crippen LogP contribution >= 0.6 is 23.1 Å². The molecule has 2 aromatic rings. The maximum Gasteiger partial charge on any atom is 0.252 e. The lowest BCUT2D eigenvalue weighted by molar-refractivity contribution is 0.0169. The number of hydrogen-bond acceptors (Lipinski definition) is 6. The SMILES string of the molecule is O=C(NCC(c1cccs1)N1CCOCC1)c1ccccc1SCC1CCCO1. The number of morpholine rings is 1. The predicted molar refractivity (Wildman–Crippen MR) is 118 cm³/mol. The number of hydrogen-bond donors (Lipinski definition) is 1. The van der Waals surface area contributed by atoms with E-state index >= 15 is 0 Å². The van der Waals surface area contributed by atoms with Gasteiger partial charge in [-0.15, -0.1) is 23.1 Å². The van der Waals surface area contributed by atoms with Crippen molar-refractivity contribution in [1.82, 2.24) is 10.2 Å². The summed E-state index contributed by atoms with van der Waals surface area (Å²) in [7, 11) is 0. The number of nitrogens with zero attached hydrogens (tertiary/aromatic N) is 1. The maximum absolute atomic E-state index is 13.0. The molecule has 2 aliphatic heterocycles. The fourth-order valence-electron chi connectivity index (χ4n) is 3.80. The van der Waals surface area contributed by atoms with Gasteiger partial charge in [0.1, 0.15) is 0 Å². The minimum absolute atomic E-state index is 0.00439. The molecule has 1 amide bonds. The molecule has 7 heteroatoms. The van der Waals surface area contributed by atoms with Crippen LogP contribution in [0.3, 0.4) is 0 Å². The summed E-state index contributed by atoms with van der Waals surface area (Å²) in [5, 5.41) is 5.29. The standard InChI is InChI=1S/C22H28N2O3S2/c25-22(18-6-1-2-7-20(18)29-16-17-5-3-11-27-17)23-15-19(21-8-4-14-28-21)24-9-12-26-13-10-24/h1-2,4,6-8,14,17,19H,3,5,9-13,15-16H2,(H,23,25). The number of rotatable bonds is 8. The zero-order valence-electron chi connectivity index (χ0n) is 16.5. The second-order valence-electron chi connectivity index (χ2n) is 7.33. The molecule has 0 spiro atoms. The fourth-order valence-corrected chi connectivity index (χ4v) is 5.78. The number of carbonyl (C=O) groups is 1. The monoisotopic (exact) mass is 432 g/mol. The lowest BCUT2D eigenvalue weighted by Crippen LogP contribution is -2.43. The van der Waals surface area contributed by atoms with Crippen molar-refractivity contribution in [2.75, 3.05) is 45.2 Å². The molecule has 2 aliphatic rings. The topological polar surface area (TPSA) is 50.8 Å². The van der Waals surface area contributed by atoms with E-state index in [0.29, 0.717) is 12.6 Å². The van der Waals surface area contributed by atoms with Crippen LogP contribution in [0.1, 0.15) is 34.1 Å². The summed E-state index contributed by atoms with van der Waals surface area (Å²) >= 11 is 3.47. The molecule has 0 radical (unpaired) electrons. The van der Waals surface area contributed by atoms with Crippen LogP contribution in [0.5, 0.6) is 0 Å². The number of benzene rings is 1. The number of thioether (sulfide) groups is 1. The van der Waals surface area contributed by atoms with E-state index in [-0.39, 0.29) is 11.9 Å². The van der Waals surface area contributed by atoms with E-state index in [1.807, 2.05) is 24.3 Å². The number of thiophene rings is 1. The lowest BCUT2D eigenvalue weighted by Gasteiger charge is -2.34. The average molecular weight is 433 g/mol. The van der Waals surface area contributed by atoms with Crippen molar-refractivity contribution in [3.8, 4) is 0 Å². The first-order valence-electron chi connectivity index (χ1n) is 10.3. The molecule has 1 N–H and O–H groups in total. The fraction of sp³-hybridized carbons (Fsp3) is 0.500. The van der Waals surface area contributed by atoms with Crippen LogP contribution in [-0.2, 0) is 9.47 Å². The Morgan fingerprint density at radius 1 is 1.21 bits per heavy atom. The third kappa shape index (κ3) is 5.61. The van der Waals surface area contributed by atoms with E-state index in [0.717, 1.165) is 62.0 Å². The molecule has 156 valence electrons. The third-order valence-electron chi connectivity index (χ3n) is 5.39. The molecule has 29 heavy (non-hydrogen) atoms. The Morgan fingerprint density at radius 2 is 2.07 bits per heavy atom. The molecule has 2 unspecified atom stereocenters. The van der Waals surface area contributed by atoms with Gasteiger partial charge in [-0.1, -0.05) is 18.2 Å². The molecule has 1 aromatic carbocycles. The van der Waals surface area contributed by atoms with Gasteiger partial charge < -0.3 is 14.8 Å². The summed E-state index contributed by atoms with van der Waals surface area (Å²) in [5.41, 5.74) is 0.752. The van der Waals surface area contributed by atoms with Gasteiger partial charge in [0.05, 0.1) is 30.9 Å². The van der Waals surface area contributed by atoms with Crippen LogP contribution in [0.25, 0.3) is 0 Å². The van der Waals surface area contributed by atoms with E-state index < -0.39 is 0 Å². The highest BCUT2D eigenvalue weighted by atomic mass is 32.2. The molecule has 5 nitrogen and oxygen atoms in total. The van der Waals surface area contributed by atoms with E-state index in [4.69, 9.17) is 9.47 Å². The van der Waals surface area contributed by atoms with Crippen molar-refractivity contribution >= 4 is 29.0 Å². The number of nitrogens with one attached hydrogen (secondary N) is 1. The van der Waals surface area contributed by atoms with Crippen LogP contribution in [0, 0.1) is 0 Å². The van der Waals surface area contributed by atoms with Gasteiger partial charge in [0, 0.05) is 41.8 Å². The van der Waals surface area contributed by atoms with Crippen molar-refractivity contribution in [3.63, 3.8) is 0 Å². The molecule has 3 heterocycles. The minimum Gasteiger partial charge on any atom is -0.379 e. The predicted octanol–water partition coefficient (Wildman–Crippen LogP) is 3.82. The highest BCUT2D eigenvalue weighted by Crippen LogP contribution is 2.28. The van der Waals surface area contributed by atoms with Crippen molar-refractivity contribution in [1.29, 1.82) is 0 Å². The molecule has 2 saturated heterocycles. The maximum atomic E-state index is 13.0. The van der Waals surface area contributed by atoms with E-state index in [2.05, 4.69) is 27.7 Å².